The quantitative estimate of drug-likeness (QED) is 0.675. The van der Waals surface area contributed by atoms with Crippen molar-refractivity contribution in [3.8, 4) is 0 Å². The molecule has 0 aliphatic carbocycles. The predicted octanol–water partition coefficient (Wildman–Crippen LogP) is 3.70. The molecule has 0 atom stereocenters. The van der Waals surface area contributed by atoms with Gasteiger partial charge in [0, 0.05) is 0 Å². The second-order valence-corrected chi connectivity index (χ2v) is 10.2. The average Bonchev–Trinajstić information content (AvgIpc) is 2.62. The molecular weight excluding hydrogens is 368 g/mol. The summed E-state index contributed by atoms with van der Waals surface area (Å²) < 4.78 is 52.8. The third-order valence-electron chi connectivity index (χ3n) is 4.64. The first-order chi connectivity index (χ1) is 12.3. The lowest BCUT2D eigenvalue weighted by molar-refractivity contribution is 0.579. The van der Waals surface area contributed by atoms with Crippen LogP contribution in [0, 0.1) is 6.92 Å². The van der Waals surface area contributed by atoms with Crippen LogP contribution in [0.4, 0.5) is 0 Å². The summed E-state index contributed by atoms with van der Waals surface area (Å²) in [6, 6.07) is 19.3. The molecule has 0 bridgehead atoms. The number of aryl methyl sites for hydroxylation is 1. The molecule has 0 amide bonds. The number of rotatable bonds is 2. The van der Waals surface area contributed by atoms with Gasteiger partial charge in [-0.25, -0.2) is 16.8 Å². The molecule has 1 aliphatic heterocycles. The fraction of sp³-hybridized carbons (Fsp3) is 0.100. The lowest BCUT2D eigenvalue weighted by Gasteiger charge is -2.28. The van der Waals surface area contributed by atoms with Gasteiger partial charge in [0.25, 0.3) is 0 Å². The summed E-state index contributed by atoms with van der Waals surface area (Å²) in [5.74, 6) is 0. The maximum absolute atomic E-state index is 13.4. The fourth-order valence-corrected chi connectivity index (χ4v) is 7.13. The topological polar surface area (TPSA) is 68.3 Å². The Morgan fingerprint density at radius 2 is 1.19 bits per heavy atom. The Morgan fingerprint density at radius 1 is 0.731 bits per heavy atom. The number of benzene rings is 3. The second kappa shape index (κ2) is 5.79. The number of sulfone groups is 2. The normalized spacial score (nSPS) is 15.9. The van der Waals surface area contributed by atoms with Crippen molar-refractivity contribution in [1.82, 2.24) is 0 Å². The van der Waals surface area contributed by atoms with E-state index in [0.29, 0.717) is 11.1 Å². The van der Waals surface area contributed by atoms with E-state index in [-0.39, 0.29) is 14.7 Å². The van der Waals surface area contributed by atoms with Crippen molar-refractivity contribution in [1.29, 1.82) is 0 Å². The summed E-state index contributed by atoms with van der Waals surface area (Å²) in [6.45, 7) is 1.88. The average molecular weight is 384 g/mol. The van der Waals surface area contributed by atoms with E-state index >= 15 is 0 Å². The molecule has 0 saturated heterocycles. The Bertz CT molecular complexity index is 1160. The van der Waals surface area contributed by atoms with E-state index in [1.807, 2.05) is 6.92 Å². The van der Waals surface area contributed by atoms with Gasteiger partial charge in [0.1, 0.15) is 5.25 Å². The zero-order valence-corrected chi connectivity index (χ0v) is 15.6. The summed E-state index contributed by atoms with van der Waals surface area (Å²) >= 11 is 0. The molecule has 0 unspecified atom stereocenters. The third-order valence-corrected chi connectivity index (χ3v) is 8.60. The molecule has 0 spiro atoms. The fourth-order valence-electron chi connectivity index (χ4n) is 3.37. The molecule has 3 aromatic rings. The maximum Gasteiger partial charge on any atom is 0.207 e. The van der Waals surface area contributed by atoms with Gasteiger partial charge < -0.3 is 0 Å². The highest BCUT2D eigenvalue weighted by Gasteiger charge is 2.42. The molecule has 6 heteroatoms. The molecule has 1 aliphatic rings. The molecular formula is C20H16O4S2. The Morgan fingerprint density at radius 3 is 1.69 bits per heavy atom. The predicted molar refractivity (Wildman–Crippen MR) is 98.5 cm³/mol. The van der Waals surface area contributed by atoms with Crippen molar-refractivity contribution in [2.24, 2.45) is 0 Å². The van der Waals surface area contributed by atoms with Crippen LogP contribution < -0.4 is 0 Å². The highest BCUT2D eigenvalue weighted by molar-refractivity contribution is 7.93. The van der Waals surface area contributed by atoms with Crippen LogP contribution in [0.2, 0.25) is 0 Å². The SMILES string of the molecule is Cc1ccc(S(=O)(=O)C2c3ccccc3S(=O)(=O)c3ccccc32)cc1. The molecule has 0 saturated carbocycles. The van der Waals surface area contributed by atoms with Gasteiger partial charge in [-0.2, -0.15) is 0 Å². The maximum atomic E-state index is 13.4. The lowest BCUT2D eigenvalue weighted by atomic mass is 10.0. The van der Waals surface area contributed by atoms with Gasteiger partial charge in [0.2, 0.25) is 9.84 Å². The van der Waals surface area contributed by atoms with E-state index in [9.17, 15) is 16.8 Å². The molecule has 4 nitrogen and oxygen atoms in total. The first kappa shape index (κ1) is 17.0. The molecule has 0 radical (unpaired) electrons. The van der Waals surface area contributed by atoms with Crippen LogP contribution in [0.3, 0.4) is 0 Å². The van der Waals surface area contributed by atoms with Gasteiger partial charge in [-0.05, 0) is 42.3 Å². The Balaban J connectivity index is 2.05. The molecule has 0 fully saturated rings. The van der Waals surface area contributed by atoms with Gasteiger partial charge in [-0.15, -0.1) is 0 Å². The molecule has 132 valence electrons. The molecule has 0 N–H and O–H groups in total. The minimum Gasteiger partial charge on any atom is -0.223 e. The van der Waals surface area contributed by atoms with Crippen molar-refractivity contribution < 1.29 is 16.8 Å². The highest BCUT2D eigenvalue weighted by Crippen LogP contribution is 2.46. The van der Waals surface area contributed by atoms with Gasteiger partial charge >= 0.3 is 0 Å². The minimum absolute atomic E-state index is 0.0550. The van der Waals surface area contributed by atoms with Gasteiger partial charge in [-0.1, -0.05) is 54.1 Å². The van der Waals surface area contributed by atoms with Crippen LogP contribution in [0.1, 0.15) is 21.9 Å². The van der Waals surface area contributed by atoms with Gasteiger partial charge in [-0.3, -0.25) is 0 Å². The van der Waals surface area contributed by atoms with Crippen LogP contribution in [-0.4, -0.2) is 16.8 Å². The largest absolute Gasteiger partial charge is 0.223 e. The van der Waals surface area contributed by atoms with Gasteiger partial charge in [0.05, 0.1) is 14.7 Å². The summed E-state index contributed by atoms with van der Waals surface area (Å²) in [7, 11) is -7.57. The van der Waals surface area contributed by atoms with Gasteiger partial charge in [0.15, 0.2) is 9.84 Å². The van der Waals surface area contributed by atoms with Crippen molar-refractivity contribution in [2.75, 3.05) is 0 Å². The number of fused-ring (bicyclic) bond motifs is 2. The molecule has 4 rings (SSSR count). The standard InChI is InChI=1S/C20H16O4S2/c1-14-10-12-15(13-11-14)25(21,22)20-16-6-2-4-8-18(16)26(23,24)19-9-5-3-7-17(19)20/h2-13,20H,1H3. The summed E-state index contributed by atoms with van der Waals surface area (Å²) in [4.78, 5) is 0.288. The first-order valence-corrected chi connectivity index (χ1v) is 11.1. The van der Waals surface area contributed by atoms with Crippen molar-refractivity contribution in [3.05, 3.63) is 89.5 Å². The Labute approximate surface area is 153 Å². The smallest absolute Gasteiger partial charge is 0.207 e. The minimum atomic E-state index is -3.82. The molecule has 0 aromatic heterocycles. The van der Waals surface area contributed by atoms with E-state index in [1.165, 1.54) is 12.1 Å². The van der Waals surface area contributed by atoms with E-state index in [1.54, 1.807) is 60.7 Å². The zero-order valence-electron chi connectivity index (χ0n) is 14.0. The highest BCUT2D eigenvalue weighted by atomic mass is 32.2. The Kier molecular flexibility index (Phi) is 3.78. The number of hydrogen-bond donors (Lipinski definition) is 0. The van der Waals surface area contributed by atoms with E-state index in [4.69, 9.17) is 0 Å². The van der Waals surface area contributed by atoms with E-state index in [2.05, 4.69) is 0 Å². The second-order valence-electron chi connectivity index (χ2n) is 6.32. The molecule has 3 aromatic carbocycles. The van der Waals surface area contributed by atoms with E-state index < -0.39 is 24.9 Å². The van der Waals surface area contributed by atoms with Crippen LogP contribution in [0.25, 0.3) is 0 Å². The van der Waals surface area contributed by atoms with E-state index in [0.717, 1.165) is 5.56 Å². The van der Waals surface area contributed by atoms with Crippen LogP contribution in [0.5, 0.6) is 0 Å². The molecule has 26 heavy (non-hydrogen) atoms. The summed E-state index contributed by atoms with van der Waals surface area (Å²) in [5.41, 5.74) is 1.55. The van der Waals surface area contributed by atoms with Crippen LogP contribution in [0.15, 0.2) is 87.5 Å². The Hall–Kier alpha value is -2.44. The van der Waals surface area contributed by atoms with Crippen LogP contribution >= 0.6 is 0 Å². The first-order valence-electron chi connectivity index (χ1n) is 8.07. The summed E-state index contributed by atoms with van der Waals surface area (Å²) in [6.07, 6.45) is 0. The lowest BCUT2D eigenvalue weighted by Crippen LogP contribution is -2.24. The molecule has 1 heterocycles. The van der Waals surface area contributed by atoms with Crippen molar-refractivity contribution >= 4 is 19.7 Å². The van der Waals surface area contributed by atoms with Crippen molar-refractivity contribution in [3.63, 3.8) is 0 Å². The zero-order chi connectivity index (χ0) is 18.5. The summed E-state index contributed by atoms with van der Waals surface area (Å²) in [5, 5.41) is -1.05. The van der Waals surface area contributed by atoms with Crippen molar-refractivity contribution in [2.45, 2.75) is 26.9 Å². The van der Waals surface area contributed by atoms with Crippen LogP contribution in [-0.2, 0) is 19.7 Å². The third kappa shape index (κ3) is 2.40. The monoisotopic (exact) mass is 384 g/mol. The number of hydrogen-bond acceptors (Lipinski definition) is 4.